The molecule has 8 nitrogen and oxygen atoms in total. The zero-order valence-corrected chi connectivity index (χ0v) is 17.2. The number of aromatic nitrogens is 2. The van der Waals surface area contributed by atoms with Crippen LogP contribution >= 0.6 is 0 Å². The van der Waals surface area contributed by atoms with Gasteiger partial charge >= 0.3 is 44.8 Å². The van der Waals surface area contributed by atoms with E-state index in [1.54, 1.807) is 18.2 Å². The van der Waals surface area contributed by atoms with Crippen molar-refractivity contribution < 1.29 is 70.7 Å². The Balaban J connectivity index is 0.00000144. The van der Waals surface area contributed by atoms with Gasteiger partial charge in [0.2, 0.25) is 0 Å². The van der Waals surface area contributed by atoms with Crippen molar-refractivity contribution in [3.63, 3.8) is 0 Å². The Morgan fingerprint density at radius 3 is 2.04 bits per heavy atom. The third-order valence-electron chi connectivity index (χ3n) is 3.00. The molecule has 2 aromatic heterocycles. The molecule has 1 aromatic carbocycles. The molecule has 24 heavy (non-hydrogen) atoms. The zero-order valence-electron chi connectivity index (χ0n) is 11.2. The van der Waals surface area contributed by atoms with Crippen LogP contribution in [0.2, 0.25) is 0 Å². The van der Waals surface area contributed by atoms with Crippen molar-refractivity contribution in [2.24, 2.45) is 0 Å². The predicted octanol–water partition coefficient (Wildman–Crippen LogP) is 0.586. The first-order valence-electron chi connectivity index (χ1n) is 5.78. The fraction of sp³-hybridized carbons (Fsp3) is 0. The molecule has 0 atom stereocenters. The molecule has 0 aliphatic carbocycles. The van der Waals surface area contributed by atoms with Crippen molar-refractivity contribution in [1.29, 1.82) is 0 Å². The molecule has 0 unspecified atom stereocenters. The molecule has 3 aromatic rings. The average molecular weight is 732 g/mol. The van der Waals surface area contributed by atoms with Gasteiger partial charge in [-0.1, -0.05) is 18.2 Å². The van der Waals surface area contributed by atoms with Crippen LogP contribution in [0.5, 0.6) is 0 Å². The standard InChI is InChI=1S/C12H8N2O6S2.2Au/c15-21(16,17)9-6-8-4-3-7-2-1-5-13-10(7)11(8)14-12(9)22(18,19)20;;/h1-6H,(H,15,16,17)(H,18,19,20);;/q;2*+1/p-2. The summed E-state index contributed by atoms with van der Waals surface area (Å²) in [4.78, 5) is 6.47. The van der Waals surface area contributed by atoms with Gasteiger partial charge in [-0.25, -0.2) is 21.8 Å². The Labute approximate surface area is 168 Å². The van der Waals surface area contributed by atoms with Crippen LogP contribution in [0, 0.1) is 0 Å². The summed E-state index contributed by atoms with van der Waals surface area (Å²) in [6.07, 6.45) is 1.44. The van der Waals surface area contributed by atoms with Gasteiger partial charge in [0, 0.05) is 17.0 Å². The molecule has 0 N–H and O–H groups in total. The van der Waals surface area contributed by atoms with E-state index in [1.165, 1.54) is 12.3 Å². The topological polar surface area (TPSA) is 140 Å². The molecule has 2 heterocycles. The minimum Gasteiger partial charge on any atom is -0.744 e. The molecule has 0 radical (unpaired) electrons. The number of hydrogen-bond donors (Lipinski definition) is 0. The maximum absolute atomic E-state index is 11.2. The van der Waals surface area contributed by atoms with Crippen molar-refractivity contribution in [3.8, 4) is 0 Å². The fourth-order valence-corrected chi connectivity index (χ4v) is 3.75. The summed E-state index contributed by atoms with van der Waals surface area (Å²) in [6, 6.07) is 7.23. The molecule has 0 saturated carbocycles. The first-order chi connectivity index (χ1) is 10.2. The third kappa shape index (κ3) is 3.94. The van der Waals surface area contributed by atoms with Crippen LogP contribution in [0.4, 0.5) is 0 Å². The number of pyridine rings is 2. The summed E-state index contributed by atoms with van der Waals surface area (Å²) in [5.41, 5.74) is 0.319. The second kappa shape index (κ2) is 7.30. The molecule has 134 valence electrons. The molecule has 0 spiro atoms. The van der Waals surface area contributed by atoms with Gasteiger partial charge in [-0.05, 0) is 12.1 Å². The van der Waals surface area contributed by atoms with Crippen LogP contribution in [0.3, 0.4) is 0 Å². The van der Waals surface area contributed by atoms with E-state index in [2.05, 4.69) is 9.97 Å². The Hall–Kier alpha value is -0.659. The average Bonchev–Trinajstić information content (AvgIpc) is 2.44. The zero-order chi connectivity index (χ0) is 16.1. The maximum Gasteiger partial charge on any atom is 1.00 e. The van der Waals surface area contributed by atoms with Crippen LogP contribution in [-0.4, -0.2) is 35.9 Å². The fourth-order valence-electron chi connectivity index (χ4n) is 2.10. The molecule has 0 bridgehead atoms. The Morgan fingerprint density at radius 1 is 0.833 bits per heavy atom. The quantitative estimate of drug-likeness (QED) is 0.212. The van der Waals surface area contributed by atoms with Crippen molar-refractivity contribution in [1.82, 2.24) is 9.97 Å². The SMILES string of the molecule is O=S(=O)([O-])c1cc2ccc3cccnc3c2nc1S(=O)(=O)[O-].[Au+].[Au+]. The van der Waals surface area contributed by atoms with Crippen molar-refractivity contribution in [2.45, 2.75) is 9.92 Å². The maximum atomic E-state index is 11.2. The molecule has 0 amide bonds. The van der Waals surface area contributed by atoms with Crippen LogP contribution in [0.1, 0.15) is 0 Å². The Kier molecular flexibility index (Phi) is 6.50. The summed E-state index contributed by atoms with van der Waals surface area (Å²) in [7, 11) is -10.4. The second-order valence-electron chi connectivity index (χ2n) is 4.41. The van der Waals surface area contributed by atoms with E-state index < -0.39 is 30.2 Å². The van der Waals surface area contributed by atoms with Crippen LogP contribution in [0.25, 0.3) is 21.8 Å². The Morgan fingerprint density at radius 2 is 1.46 bits per heavy atom. The van der Waals surface area contributed by atoms with E-state index >= 15 is 0 Å². The number of hydrogen-bond acceptors (Lipinski definition) is 8. The molecule has 0 saturated heterocycles. The monoisotopic (exact) mass is 732 g/mol. The molecule has 0 aliphatic heterocycles. The third-order valence-corrected chi connectivity index (χ3v) is 4.76. The smallest absolute Gasteiger partial charge is 0.744 e. The first kappa shape index (κ1) is 21.4. The normalized spacial score (nSPS) is 11.8. The van der Waals surface area contributed by atoms with E-state index in [4.69, 9.17) is 0 Å². The van der Waals surface area contributed by atoms with Crippen molar-refractivity contribution in [2.75, 3.05) is 0 Å². The van der Waals surface area contributed by atoms with E-state index in [1.807, 2.05) is 0 Å². The van der Waals surface area contributed by atoms with Crippen molar-refractivity contribution in [3.05, 3.63) is 36.5 Å². The summed E-state index contributed by atoms with van der Waals surface area (Å²) < 4.78 is 67.3. The largest absolute Gasteiger partial charge is 1.00 e. The van der Waals surface area contributed by atoms with Gasteiger partial charge in [-0.3, -0.25) is 4.98 Å². The van der Waals surface area contributed by atoms with Gasteiger partial charge in [0.1, 0.15) is 20.2 Å². The van der Waals surface area contributed by atoms with Crippen LogP contribution in [-0.2, 0) is 65.0 Å². The summed E-state index contributed by atoms with van der Waals surface area (Å²) in [5.74, 6) is 0. The van der Waals surface area contributed by atoms with E-state index in [0.29, 0.717) is 10.9 Å². The van der Waals surface area contributed by atoms with Gasteiger partial charge < -0.3 is 9.11 Å². The molecule has 0 aliphatic rings. The Bertz CT molecular complexity index is 1130. The number of fused-ring (bicyclic) bond motifs is 3. The van der Waals surface area contributed by atoms with Gasteiger partial charge in [0.05, 0.1) is 15.9 Å². The summed E-state index contributed by atoms with van der Waals surface area (Å²) in [5, 5.41) is -0.504. The van der Waals surface area contributed by atoms with Gasteiger partial charge in [0.25, 0.3) is 0 Å². The van der Waals surface area contributed by atoms with Gasteiger partial charge in [0.15, 0.2) is 5.03 Å². The number of benzene rings is 1. The second-order valence-corrected chi connectivity index (χ2v) is 7.06. The van der Waals surface area contributed by atoms with E-state index in [0.717, 1.165) is 6.07 Å². The minimum atomic E-state index is -5.24. The van der Waals surface area contributed by atoms with Crippen LogP contribution in [0.15, 0.2) is 46.5 Å². The summed E-state index contributed by atoms with van der Waals surface area (Å²) >= 11 is 0. The van der Waals surface area contributed by atoms with E-state index in [-0.39, 0.29) is 55.7 Å². The molecular formula is C12H6Au2N2O6S2. The van der Waals surface area contributed by atoms with Crippen molar-refractivity contribution >= 4 is 42.0 Å². The van der Waals surface area contributed by atoms with Crippen LogP contribution < -0.4 is 0 Å². The van der Waals surface area contributed by atoms with Gasteiger partial charge in [-0.2, -0.15) is 0 Å². The minimum absolute atomic E-state index is 0. The van der Waals surface area contributed by atoms with E-state index in [9.17, 15) is 25.9 Å². The molecule has 12 heteroatoms. The predicted molar refractivity (Wildman–Crippen MR) is 73.0 cm³/mol. The molecule has 0 fully saturated rings. The molecule has 3 rings (SSSR count). The summed E-state index contributed by atoms with van der Waals surface area (Å²) in [6.45, 7) is 0. The van der Waals surface area contributed by atoms with Gasteiger partial charge in [-0.15, -0.1) is 0 Å². The molecular weight excluding hydrogens is 726 g/mol. The number of nitrogens with zero attached hydrogens (tertiary/aromatic N) is 2. The number of rotatable bonds is 2. The first-order valence-corrected chi connectivity index (χ1v) is 8.60.